The van der Waals surface area contributed by atoms with E-state index in [1.165, 1.54) is 30.3 Å². The lowest BCUT2D eigenvalue weighted by atomic mass is 10.2. The summed E-state index contributed by atoms with van der Waals surface area (Å²) < 4.78 is 45.1. The van der Waals surface area contributed by atoms with Crippen molar-refractivity contribution in [3.8, 4) is 0 Å². The second-order valence-electron chi connectivity index (χ2n) is 5.57. The third kappa shape index (κ3) is 6.26. The number of ether oxygens (including phenoxy) is 1. The van der Waals surface area contributed by atoms with E-state index in [4.69, 9.17) is 16.3 Å². The number of hydrogen-bond donors (Lipinski definition) is 2. The van der Waals surface area contributed by atoms with Crippen LogP contribution in [0, 0.1) is 12.7 Å². The molecule has 1 amide bonds. The monoisotopic (exact) mass is 492 g/mol. The summed E-state index contributed by atoms with van der Waals surface area (Å²) in [5, 5.41) is 2.33. The molecule has 7 nitrogen and oxygen atoms in total. The number of rotatable bonds is 7. The lowest BCUT2D eigenvalue weighted by Gasteiger charge is -2.09. The number of carbonyl (C=O) groups is 2. The molecular weight excluding hydrogens is 479 g/mol. The van der Waals surface area contributed by atoms with E-state index in [0.29, 0.717) is 10.0 Å². The van der Waals surface area contributed by atoms with Crippen LogP contribution in [0.4, 0.5) is 10.1 Å². The fraction of sp³-hybridized carbons (Fsp3) is 0.176. The molecule has 2 aromatic rings. The summed E-state index contributed by atoms with van der Waals surface area (Å²) in [6.07, 6.45) is 0. The average molecular weight is 494 g/mol. The molecule has 0 aliphatic carbocycles. The van der Waals surface area contributed by atoms with Gasteiger partial charge >= 0.3 is 5.97 Å². The number of anilines is 1. The third-order valence-corrected chi connectivity index (χ3v) is 5.79. The van der Waals surface area contributed by atoms with Gasteiger partial charge in [0.05, 0.1) is 5.02 Å². The largest absolute Gasteiger partial charge is 0.455 e. The quantitative estimate of drug-likeness (QED) is 0.578. The van der Waals surface area contributed by atoms with Crippen LogP contribution in [0.15, 0.2) is 45.8 Å². The highest BCUT2D eigenvalue weighted by Crippen LogP contribution is 2.24. The maximum Gasteiger partial charge on any atom is 0.321 e. The minimum Gasteiger partial charge on any atom is -0.455 e. The van der Waals surface area contributed by atoms with Crippen molar-refractivity contribution in [2.75, 3.05) is 18.5 Å². The fourth-order valence-electron chi connectivity index (χ4n) is 1.99. The number of benzene rings is 2. The second kappa shape index (κ2) is 9.46. The second-order valence-corrected chi connectivity index (χ2v) is 8.63. The van der Waals surface area contributed by atoms with E-state index in [2.05, 4.69) is 21.2 Å². The molecule has 0 unspecified atom stereocenters. The molecule has 0 spiro atoms. The topological polar surface area (TPSA) is 102 Å². The number of nitrogens with one attached hydrogen (secondary N) is 2. The molecule has 2 rings (SSSR count). The Hall–Kier alpha value is -2.01. The van der Waals surface area contributed by atoms with E-state index in [1.54, 1.807) is 6.92 Å². The molecule has 11 heteroatoms. The summed E-state index contributed by atoms with van der Waals surface area (Å²) in [6, 6.07) is 8.26. The first-order chi connectivity index (χ1) is 13.1. The predicted octanol–water partition coefficient (Wildman–Crippen LogP) is 3.01. The predicted molar refractivity (Wildman–Crippen MR) is 105 cm³/mol. The zero-order valence-electron chi connectivity index (χ0n) is 14.5. The van der Waals surface area contributed by atoms with Crippen LogP contribution in [0.3, 0.4) is 0 Å². The van der Waals surface area contributed by atoms with Crippen LogP contribution in [0.1, 0.15) is 5.56 Å². The standard InChI is InChI=1S/C17H15BrClFN2O5S/c1-10-2-4-12(7-14(10)20)22-16(23)9-27-17(24)8-21-28(25,26)15-5-3-11(18)6-13(15)19/h2-7,21H,8-9H2,1H3,(H,22,23). The fourth-order valence-corrected chi connectivity index (χ4v) is 3.99. The number of halogens is 3. The van der Waals surface area contributed by atoms with Crippen LogP contribution in [0.2, 0.25) is 5.02 Å². The van der Waals surface area contributed by atoms with Crippen LogP contribution < -0.4 is 10.0 Å². The van der Waals surface area contributed by atoms with Gasteiger partial charge in [-0.1, -0.05) is 33.6 Å². The van der Waals surface area contributed by atoms with Crippen LogP contribution in [0.25, 0.3) is 0 Å². The van der Waals surface area contributed by atoms with Crippen molar-refractivity contribution < 1.29 is 27.1 Å². The van der Waals surface area contributed by atoms with Gasteiger partial charge in [0.1, 0.15) is 17.3 Å². The van der Waals surface area contributed by atoms with E-state index in [9.17, 15) is 22.4 Å². The highest BCUT2D eigenvalue weighted by Gasteiger charge is 2.20. The highest BCUT2D eigenvalue weighted by atomic mass is 79.9. The Morgan fingerprint density at radius 2 is 1.93 bits per heavy atom. The first-order valence-corrected chi connectivity index (χ1v) is 10.4. The van der Waals surface area contributed by atoms with Gasteiger partial charge in [0, 0.05) is 10.2 Å². The van der Waals surface area contributed by atoms with Crippen LogP contribution in [0.5, 0.6) is 0 Å². The van der Waals surface area contributed by atoms with Crippen molar-refractivity contribution in [1.82, 2.24) is 4.72 Å². The van der Waals surface area contributed by atoms with Gasteiger partial charge in [-0.25, -0.2) is 12.8 Å². The Balaban J connectivity index is 1.84. The highest BCUT2D eigenvalue weighted by molar-refractivity contribution is 9.10. The van der Waals surface area contributed by atoms with Crippen molar-refractivity contribution in [2.24, 2.45) is 0 Å². The van der Waals surface area contributed by atoms with Gasteiger partial charge in [-0.3, -0.25) is 9.59 Å². The van der Waals surface area contributed by atoms with E-state index >= 15 is 0 Å². The SMILES string of the molecule is Cc1ccc(NC(=O)COC(=O)CNS(=O)(=O)c2ccc(Br)cc2Cl)cc1F. The molecule has 0 aliphatic heterocycles. The maximum absolute atomic E-state index is 13.4. The van der Waals surface area contributed by atoms with E-state index in [0.717, 1.165) is 6.07 Å². The molecule has 28 heavy (non-hydrogen) atoms. The summed E-state index contributed by atoms with van der Waals surface area (Å²) in [6.45, 7) is 0.224. The summed E-state index contributed by atoms with van der Waals surface area (Å²) in [4.78, 5) is 23.2. The minimum atomic E-state index is -4.04. The lowest BCUT2D eigenvalue weighted by molar-refractivity contribution is -0.146. The lowest BCUT2D eigenvalue weighted by Crippen LogP contribution is -2.32. The Bertz CT molecular complexity index is 1020. The van der Waals surface area contributed by atoms with Gasteiger partial charge in [0.25, 0.3) is 5.91 Å². The van der Waals surface area contributed by atoms with Crippen molar-refractivity contribution in [2.45, 2.75) is 11.8 Å². The molecule has 0 atom stereocenters. The first kappa shape index (κ1) is 22.3. The molecule has 2 N–H and O–H groups in total. The van der Waals surface area contributed by atoms with E-state index in [-0.39, 0.29) is 15.6 Å². The number of sulfonamides is 1. The van der Waals surface area contributed by atoms with Crippen LogP contribution >= 0.6 is 27.5 Å². The number of carbonyl (C=O) groups excluding carboxylic acids is 2. The number of amides is 1. The van der Waals surface area contributed by atoms with Crippen LogP contribution in [-0.4, -0.2) is 33.4 Å². The Morgan fingerprint density at radius 3 is 2.57 bits per heavy atom. The van der Waals surface area contributed by atoms with Crippen molar-refractivity contribution in [3.05, 3.63) is 57.3 Å². The van der Waals surface area contributed by atoms with Gasteiger partial charge in [0.2, 0.25) is 10.0 Å². The molecule has 0 aliphatic rings. The molecule has 0 heterocycles. The molecule has 0 saturated carbocycles. The number of esters is 1. The Kier molecular flexibility index (Phi) is 7.53. The summed E-state index contributed by atoms with van der Waals surface area (Å²) in [5.41, 5.74) is 0.623. The molecule has 0 fully saturated rings. The summed E-state index contributed by atoms with van der Waals surface area (Å²) >= 11 is 9.04. The molecule has 0 radical (unpaired) electrons. The normalized spacial score (nSPS) is 11.1. The zero-order valence-corrected chi connectivity index (χ0v) is 17.6. The summed E-state index contributed by atoms with van der Waals surface area (Å²) in [5.74, 6) is -2.16. The Labute approximate surface area is 174 Å². The summed E-state index contributed by atoms with van der Waals surface area (Å²) in [7, 11) is -4.04. The average Bonchev–Trinajstić information content (AvgIpc) is 2.61. The molecule has 0 saturated heterocycles. The molecule has 0 bridgehead atoms. The van der Waals surface area contributed by atoms with Crippen LogP contribution in [-0.2, 0) is 24.3 Å². The molecule has 2 aromatic carbocycles. The molecular formula is C17H15BrClFN2O5S. The van der Waals surface area contributed by atoms with Crippen molar-refractivity contribution in [1.29, 1.82) is 0 Å². The van der Waals surface area contributed by atoms with Gasteiger partial charge in [-0.2, -0.15) is 4.72 Å². The van der Waals surface area contributed by atoms with Crippen molar-refractivity contribution in [3.63, 3.8) is 0 Å². The first-order valence-electron chi connectivity index (χ1n) is 7.75. The smallest absolute Gasteiger partial charge is 0.321 e. The number of hydrogen-bond acceptors (Lipinski definition) is 5. The van der Waals surface area contributed by atoms with Crippen molar-refractivity contribution >= 4 is 55.1 Å². The van der Waals surface area contributed by atoms with Gasteiger partial charge in [-0.05, 0) is 42.8 Å². The molecule has 0 aromatic heterocycles. The zero-order chi connectivity index (χ0) is 20.9. The Morgan fingerprint density at radius 1 is 1.21 bits per heavy atom. The third-order valence-electron chi connectivity index (χ3n) is 3.41. The minimum absolute atomic E-state index is 0.0278. The van der Waals surface area contributed by atoms with Gasteiger partial charge in [0.15, 0.2) is 6.61 Å². The number of aryl methyl sites for hydroxylation is 1. The van der Waals surface area contributed by atoms with Gasteiger partial charge < -0.3 is 10.1 Å². The van der Waals surface area contributed by atoms with Gasteiger partial charge in [-0.15, -0.1) is 0 Å². The maximum atomic E-state index is 13.4. The van der Waals surface area contributed by atoms with E-state index < -0.39 is 40.9 Å². The van der Waals surface area contributed by atoms with E-state index in [1.807, 2.05) is 4.72 Å². The molecule has 150 valence electrons.